The molecule has 0 aliphatic rings. The van der Waals surface area contributed by atoms with E-state index in [-0.39, 0.29) is 0 Å². The third kappa shape index (κ3) is 5.69. The predicted octanol–water partition coefficient (Wildman–Crippen LogP) is 4.83. The summed E-state index contributed by atoms with van der Waals surface area (Å²) in [5.74, 6) is 0. The topological polar surface area (TPSA) is 0 Å². The summed E-state index contributed by atoms with van der Waals surface area (Å²) >= 11 is 0. The maximum atomic E-state index is 2.48. The summed E-state index contributed by atoms with van der Waals surface area (Å²) < 4.78 is 0. The van der Waals surface area contributed by atoms with Gasteiger partial charge in [0.2, 0.25) is 0 Å². The van der Waals surface area contributed by atoms with Crippen molar-refractivity contribution in [1.82, 2.24) is 0 Å². The molecule has 0 aromatic heterocycles. The van der Waals surface area contributed by atoms with Gasteiger partial charge in [0.25, 0.3) is 0 Å². The van der Waals surface area contributed by atoms with Crippen LogP contribution >= 0.6 is 0 Å². The molecule has 0 nitrogen and oxygen atoms in total. The molecule has 0 amide bonds. The van der Waals surface area contributed by atoms with Crippen LogP contribution in [0, 0.1) is 6.92 Å². The van der Waals surface area contributed by atoms with Gasteiger partial charge in [0.15, 0.2) is 0 Å². The van der Waals surface area contributed by atoms with Gasteiger partial charge in [-0.25, -0.2) is 0 Å². The van der Waals surface area contributed by atoms with Crippen LogP contribution in [0.3, 0.4) is 0 Å². The molecule has 17 heavy (non-hydrogen) atoms. The van der Waals surface area contributed by atoms with E-state index < -0.39 is 16.1 Å². The van der Waals surface area contributed by atoms with Crippen LogP contribution in [0.15, 0.2) is 18.2 Å². The molecule has 0 atom stereocenters. The van der Waals surface area contributed by atoms with E-state index in [0.29, 0.717) is 0 Å². The molecule has 1 aromatic carbocycles. The highest BCUT2D eigenvalue weighted by Crippen LogP contribution is 2.20. The van der Waals surface area contributed by atoms with Crippen molar-refractivity contribution in [1.29, 1.82) is 0 Å². The summed E-state index contributed by atoms with van der Waals surface area (Å²) in [5, 5.41) is 0. The molecule has 0 aliphatic carbocycles. The minimum absolute atomic E-state index is 0.986. The molecule has 0 N–H and O–H groups in total. The van der Waals surface area contributed by atoms with Crippen LogP contribution in [-0.2, 0) is 12.1 Å². The highest BCUT2D eigenvalue weighted by atomic mass is 28.3. The number of benzene rings is 1. The highest BCUT2D eigenvalue weighted by molar-refractivity contribution is 6.76. The van der Waals surface area contributed by atoms with Crippen molar-refractivity contribution in [3.8, 4) is 0 Å². The van der Waals surface area contributed by atoms with Crippen molar-refractivity contribution in [2.75, 3.05) is 0 Å². The quantitative estimate of drug-likeness (QED) is 0.683. The average molecular weight is 265 g/mol. The minimum atomic E-state index is -1.000. The molecule has 0 spiro atoms. The number of aryl methyl sites for hydroxylation is 1. The Morgan fingerprint density at radius 2 is 1.35 bits per heavy atom. The second kappa shape index (κ2) is 5.11. The standard InChI is InChI=1S/C15H28Si2/c1-13-8-9-14(11-16(2,3)4)10-15(13)12-17(5,6)7/h8-10H,11-12H2,1-7H3. The average Bonchev–Trinajstić information content (AvgIpc) is 2.05. The van der Waals surface area contributed by atoms with Crippen LogP contribution in [0.2, 0.25) is 39.3 Å². The van der Waals surface area contributed by atoms with Gasteiger partial charge in [-0.2, -0.15) is 0 Å². The summed E-state index contributed by atoms with van der Waals surface area (Å²) in [6.07, 6.45) is 0. The summed E-state index contributed by atoms with van der Waals surface area (Å²) in [4.78, 5) is 0. The fourth-order valence-corrected chi connectivity index (χ4v) is 5.18. The lowest BCUT2D eigenvalue weighted by molar-refractivity contribution is 1.20. The van der Waals surface area contributed by atoms with Crippen LogP contribution in [0.25, 0.3) is 0 Å². The molecular weight excluding hydrogens is 236 g/mol. The lowest BCUT2D eigenvalue weighted by atomic mass is 10.1. The molecule has 96 valence electrons. The molecular formula is C15H28Si2. The molecule has 2 heteroatoms. The van der Waals surface area contributed by atoms with Gasteiger partial charge in [-0.1, -0.05) is 63.0 Å². The maximum absolute atomic E-state index is 2.48. The molecule has 0 saturated carbocycles. The molecule has 0 aliphatic heterocycles. The Morgan fingerprint density at radius 3 is 1.82 bits per heavy atom. The Balaban J connectivity index is 2.95. The lowest BCUT2D eigenvalue weighted by Crippen LogP contribution is -2.26. The second-order valence-corrected chi connectivity index (χ2v) is 18.7. The molecule has 0 radical (unpaired) electrons. The highest BCUT2D eigenvalue weighted by Gasteiger charge is 2.17. The van der Waals surface area contributed by atoms with Crippen molar-refractivity contribution in [2.45, 2.75) is 58.3 Å². The van der Waals surface area contributed by atoms with Crippen LogP contribution < -0.4 is 0 Å². The normalized spacial score (nSPS) is 12.9. The van der Waals surface area contributed by atoms with Gasteiger partial charge in [-0.15, -0.1) is 0 Å². The van der Waals surface area contributed by atoms with Crippen LogP contribution in [0.5, 0.6) is 0 Å². The van der Waals surface area contributed by atoms with Crippen molar-refractivity contribution < 1.29 is 0 Å². The van der Waals surface area contributed by atoms with E-state index in [1.807, 2.05) is 0 Å². The van der Waals surface area contributed by atoms with E-state index in [0.717, 1.165) is 0 Å². The van der Waals surface area contributed by atoms with Crippen LogP contribution in [0.4, 0.5) is 0 Å². The van der Waals surface area contributed by atoms with Gasteiger partial charge in [-0.05, 0) is 30.1 Å². The Labute approximate surface area is 109 Å². The van der Waals surface area contributed by atoms with Crippen molar-refractivity contribution in [2.24, 2.45) is 0 Å². The van der Waals surface area contributed by atoms with Crippen molar-refractivity contribution in [3.05, 3.63) is 34.9 Å². The fourth-order valence-electron chi connectivity index (χ4n) is 2.21. The first-order valence-electron chi connectivity index (χ1n) is 6.65. The second-order valence-electron chi connectivity index (χ2n) is 7.74. The summed E-state index contributed by atoms with van der Waals surface area (Å²) in [6, 6.07) is 9.77. The van der Waals surface area contributed by atoms with E-state index in [1.165, 1.54) is 17.7 Å². The SMILES string of the molecule is Cc1ccc(C[Si](C)(C)C)cc1C[Si](C)(C)C. The van der Waals surface area contributed by atoms with Crippen molar-refractivity contribution in [3.63, 3.8) is 0 Å². The molecule has 0 heterocycles. The van der Waals surface area contributed by atoms with Crippen LogP contribution in [-0.4, -0.2) is 16.1 Å². The summed E-state index contributed by atoms with van der Waals surface area (Å²) in [5.41, 5.74) is 4.63. The zero-order valence-corrected chi connectivity index (χ0v) is 14.6. The van der Waals surface area contributed by atoms with Gasteiger partial charge in [-0.3, -0.25) is 0 Å². The molecule has 0 unspecified atom stereocenters. The van der Waals surface area contributed by atoms with E-state index in [9.17, 15) is 0 Å². The molecule has 0 saturated heterocycles. The Bertz CT molecular complexity index is 381. The largest absolute Gasteiger partial charge is 0.0693 e. The first-order chi connectivity index (χ1) is 7.57. The van der Waals surface area contributed by atoms with E-state index in [1.54, 1.807) is 11.1 Å². The zero-order valence-electron chi connectivity index (χ0n) is 12.6. The molecule has 0 bridgehead atoms. The first-order valence-corrected chi connectivity index (χ1v) is 14.1. The van der Waals surface area contributed by atoms with Gasteiger partial charge in [0.1, 0.15) is 0 Å². The van der Waals surface area contributed by atoms with Crippen LogP contribution in [0.1, 0.15) is 16.7 Å². The van der Waals surface area contributed by atoms with Crippen molar-refractivity contribution >= 4 is 16.1 Å². The fraction of sp³-hybridized carbons (Fsp3) is 0.600. The van der Waals surface area contributed by atoms with Gasteiger partial charge in [0, 0.05) is 16.1 Å². The van der Waals surface area contributed by atoms with E-state index in [2.05, 4.69) is 64.4 Å². The molecule has 1 aromatic rings. The summed E-state index contributed by atoms with van der Waals surface area (Å²) in [6.45, 7) is 17.0. The molecule has 0 fully saturated rings. The third-order valence-electron chi connectivity index (χ3n) is 2.87. The smallest absolute Gasteiger partial charge is 0.0487 e. The monoisotopic (exact) mass is 264 g/mol. The maximum Gasteiger partial charge on any atom is 0.0487 e. The number of rotatable bonds is 4. The zero-order chi connectivity index (χ0) is 13.3. The Hall–Kier alpha value is -0.346. The number of hydrogen-bond acceptors (Lipinski definition) is 0. The predicted molar refractivity (Wildman–Crippen MR) is 85.3 cm³/mol. The van der Waals surface area contributed by atoms with Gasteiger partial charge in [0.05, 0.1) is 0 Å². The molecule has 1 rings (SSSR count). The number of hydrogen-bond donors (Lipinski definition) is 0. The van der Waals surface area contributed by atoms with Gasteiger partial charge >= 0.3 is 0 Å². The third-order valence-corrected chi connectivity index (χ3v) is 5.78. The van der Waals surface area contributed by atoms with E-state index >= 15 is 0 Å². The van der Waals surface area contributed by atoms with E-state index in [4.69, 9.17) is 0 Å². The first kappa shape index (κ1) is 14.7. The Morgan fingerprint density at radius 1 is 0.824 bits per heavy atom. The minimum Gasteiger partial charge on any atom is -0.0693 e. The lowest BCUT2D eigenvalue weighted by Gasteiger charge is -2.20. The summed E-state index contributed by atoms with van der Waals surface area (Å²) in [7, 11) is -1.99. The van der Waals surface area contributed by atoms with Gasteiger partial charge < -0.3 is 0 Å². The Kier molecular flexibility index (Phi) is 4.42.